The molecule has 0 saturated carbocycles. The Balaban J connectivity index is 3.12. The van der Waals surface area contributed by atoms with E-state index in [0.29, 0.717) is 12.1 Å². The normalized spacial score (nSPS) is 11.4. The quantitative estimate of drug-likeness (QED) is 0.856. The van der Waals surface area contributed by atoms with Crippen molar-refractivity contribution in [3.05, 3.63) is 23.8 Å². The van der Waals surface area contributed by atoms with Crippen LogP contribution in [-0.2, 0) is 0 Å². The first-order chi connectivity index (χ1) is 8.19. The first-order valence-corrected chi connectivity index (χ1v) is 4.27. The van der Waals surface area contributed by atoms with Crippen LogP contribution in [0.5, 0.6) is 11.5 Å². The molecule has 0 radical (unpaired) electrons. The van der Waals surface area contributed by atoms with Crippen LogP contribution in [0.3, 0.4) is 0 Å². The summed E-state index contributed by atoms with van der Waals surface area (Å²) in [6, 6.07) is 1.85. The Labute approximate surface area is 96.5 Å². The lowest BCUT2D eigenvalue weighted by atomic mass is 10.2. The van der Waals surface area contributed by atoms with Gasteiger partial charge in [0.2, 0.25) is 0 Å². The van der Waals surface area contributed by atoms with Crippen molar-refractivity contribution in [2.45, 2.75) is 13.0 Å². The number of carboxylic acids is 1. The topological polar surface area (TPSA) is 55.8 Å². The van der Waals surface area contributed by atoms with Crippen molar-refractivity contribution in [1.29, 1.82) is 0 Å². The molecule has 0 bridgehead atoms. The number of rotatable bonds is 4. The third-order valence-electron chi connectivity index (χ3n) is 1.63. The van der Waals surface area contributed by atoms with Gasteiger partial charge in [0.15, 0.2) is 11.5 Å². The monoisotopic (exact) mass is 272 g/mol. The van der Waals surface area contributed by atoms with E-state index in [4.69, 9.17) is 5.11 Å². The minimum atomic E-state index is -5.11. The number of ether oxygens (including phenoxy) is 2. The molecule has 0 amide bonds. The number of aromatic carboxylic acids is 1. The largest absolute Gasteiger partial charge is 0.573 e. The van der Waals surface area contributed by atoms with Crippen LogP contribution < -0.4 is 9.47 Å². The van der Waals surface area contributed by atoms with Gasteiger partial charge in [-0.25, -0.2) is 4.79 Å². The van der Waals surface area contributed by atoms with Crippen LogP contribution >= 0.6 is 0 Å². The maximum atomic E-state index is 12.0. The first kappa shape index (κ1) is 14.0. The molecule has 0 atom stereocenters. The minimum absolute atomic E-state index is 0.509. The molecule has 1 N–H and O–H groups in total. The number of alkyl halides is 5. The van der Waals surface area contributed by atoms with Crippen molar-refractivity contribution in [1.82, 2.24) is 0 Å². The fourth-order valence-corrected chi connectivity index (χ4v) is 1.04. The SMILES string of the molecule is O=C(O)c1ccc(OC(F)(F)F)c(OC(F)F)c1. The summed E-state index contributed by atoms with van der Waals surface area (Å²) in [6.07, 6.45) is -5.11. The van der Waals surface area contributed by atoms with Crippen LogP contribution in [0.4, 0.5) is 22.0 Å². The maximum Gasteiger partial charge on any atom is 0.573 e. The summed E-state index contributed by atoms with van der Waals surface area (Å²) in [7, 11) is 0. The summed E-state index contributed by atoms with van der Waals surface area (Å²) in [5.41, 5.74) is -0.514. The van der Waals surface area contributed by atoms with E-state index in [2.05, 4.69) is 9.47 Å². The minimum Gasteiger partial charge on any atom is -0.478 e. The van der Waals surface area contributed by atoms with Gasteiger partial charge >= 0.3 is 18.9 Å². The summed E-state index contributed by atoms with van der Waals surface area (Å²) < 4.78 is 66.9. The highest BCUT2D eigenvalue weighted by atomic mass is 19.4. The second kappa shape index (κ2) is 5.07. The molecule has 100 valence electrons. The van der Waals surface area contributed by atoms with Gasteiger partial charge in [-0.05, 0) is 18.2 Å². The number of benzene rings is 1. The van der Waals surface area contributed by atoms with Gasteiger partial charge in [0.1, 0.15) is 0 Å². The predicted molar refractivity (Wildman–Crippen MR) is 46.7 cm³/mol. The zero-order chi connectivity index (χ0) is 13.9. The van der Waals surface area contributed by atoms with E-state index >= 15 is 0 Å². The van der Waals surface area contributed by atoms with Gasteiger partial charge in [0.05, 0.1) is 5.56 Å². The van der Waals surface area contributed by atoms with E-state index in [1.807, 2.05) is 0 Å². The third-order valence-corrected chi connectivity index (χ3v) is 1.63. The number of carbonyl (C=O) groups is 1. The van der Waals surface area contributed by atoms with Crippen molar-refractivity contribution >= 4 is 5.97 Å². The van der Waals surface area contributed by atoms with Crippen molar-refractivity contribution in [3.63, 3.8) is 0 Å². The van der Waals surface area contributed by atoms with Gasteiger partial charge in [-0.2, -0.15) is 8.78 Å². The second-order valence-corrected chi connectivity index (χ2v) is 2.89. The predicted octanol–water partition coefficient (Wildman–Crippen LogP) is 2.88. The number of hydrogen-bond acceptors (Lipinski definition) is 3. The molecule has 0 saturated heterocycles. The molecule has 4 nitrogen and oxygen atoms in total. The molecule has 0 spiro atoms. The van der Waals surface area contributed by atoms with Crippen LogP contribution in [-0.4, -0.2) is 24.0 Å². The summed E-state index contributed by atoms with van der Waals surface area (Å²) in [5.74, 6) is -3.57. The van der Waals surface area contributed by atoms with Crippen molar-refractivity contribution < 1.29 is 41.3 Å². The van der Waals surface area contributed by atoms with Gasteiger partial charge < -0.3 is 14.6 Å². The molecule has 0 unspecified atom stereocenters. The Morgan fingerprint density at radius 1 is 1.22 bits per heavy atom. The van der Waals surface area contributed by atoms with Gasteiger partial charge in [-0.1, -0.05) is 0 Å². The Kier molecular flexibility index (Phi) is 3.94. The van der Waals surface area contributed by atoms with Crippen LogP contribution in [0.2, 0.25) is 0 Å². The molecule has 18 heavy (non-hydrogen) atoms. The van der Waals surface area contributed by atoms with Gasteiger partial charge in [-0.3, -0.25) is 0 Å². The highest BCUT2D eigenvalue weighted by Gasteiger charge is 2.33. The molecule has 0 heterocycles. The second-order valence-electron chi connectivity index (χ2n) is 2.89. The average Bonchev–Trinajstić information content (AvgIpc) is 2.17. The molecule has 0 aromatic heterocycles. The van der Waals surface area contributed by atoms with Crippen LogP contribution in [0, 0.1) is 0 Å². The fourth-order valence-electron chi connectivity index (χ4n) is 1.04. The zero-order valence-corrected chi connectivity index (χ0v) is 8.37. The van der Waals surface area contributed by atoms with Crippen molar-refractivity contribution in [2.75, 3.05) is 0 Å². The molecule has 1 aromatic rings. The van der Waals surface area contributed by atoms with Crippen molar-refractivity contribution in [2.24, 2.45) is 0 Å². The molecule has 0 fully saturated rings. The average molecular weight is 272 g/mol. The van der Waals surface area contributed by atoms with Crippen LogP contribution in [0.25, 0.3) is 0 Å². The standard InChI is InChI=1S/C9H5F5O4/c10-8(11)17-6-3-4(7(15)16)1-2-5(6)18-9(12,13)14/h1-3,8H,(H,15,16). The van der Waals surface area contributed by atoms with E-state index in [1.165, 1.54) is 0 Å². The molecular weight excluding hydrogens is 267 g/mol. The first-order valence-electron chi connectivity index (χ1n) is 4.27. The smallest absolute Gasteiger partial charge is 0.478 e. The van der Waals surface area contributed by atoms with E-state index in [0.717, 1.165) is 6.07 Å². The van der Waals surface area contributed by atoms with Crippen LogP contribution in [0.15, 0.2) is 18.2 Å². The number of carboxylic acid groups (broad SMARTS) is 1. The molecule has 0 aliphatic rings. The highest BCUT2D eigenvalue weighted by molar-refractivity contribution is 5.88. The van der Waals surface area contributed by atoms with E-state index in [1.54, 1.807) is 0 Å². The Bertz CT molecular complexity index is 443. The lowest BCUT2D eigenvalue weighted by Crippen LogP contribution is -2.18. The summed E-state index contributed by atoms with van der Waals surface area (Å²) in [4.78, 5) is 10.5. The summed E-state index contributed by atoms with van der Waals surface area (Å²) in [5, 5.41) is 8.56. The molecule has 0 aliphatic heterocycles. The van der Waals surface area contributed by atoms with Crippen LogP contribution in [0.1, 0.15) is 10.4 Å². The van der Waals surface area contributed by atoms with E-state index in [9.17, 15) is 26.7 Å². The number of hydrogen-bond donors (Lipinski definition) is 1. The van der Waals surface area contributed by atoms with Gasteiger partial charge in [0, 0.05) is 0 Å². The molecule has 1 rings (SSSR count). The Morgan fingerprint density at radius 3 is 2.28 bits per heavy atom. The molecule has 1 aromatic carbocycles. The Hall–Kier alpha value is -2.06. The van der Waals surface area contributed by atoms with Gasteiger partial charge in [-0.15, -0.1) is 13.2 Å². The van der Waals surface area contributed by atoms with E-state index < -0.39 is 36.0 Å². The highest BCUT2D eigenvalue weighted by Crippen LogP contribution is 2.34. The fraction of sp³-hybridized carbons (Fsp3) is 0.222. The molecule has 9 heteroatoms. The lowest BCUT2D eigenvalue weighted by molar-refractivity contribution is -0.275. The van der Waals surface area contributed by atoms with Crippen molar-refractivity contribution in [3.8, 4) is 11.5 Å². The lowest BCUT2D eigenvalue weighted by Gasteiger charge is -2.13. The summed E-state index contributed by atoms with van der Waals surface area (Å²) >= 11 is 0. The molecule has 0 aliphatic carbocycles. The number of halogens is 5. The maximum absolute atomic E-state index is 12.0. The van der Waals surface area contributed by atoms with E-state index in [-0.39, 0.29) is 0 Å². The van der Waals surface area contributed by atoms with Gasteiger partial charge in [0.25, 0.3) is 0 Å². The molecular formula is C9H5F5O4. The third kappa shape index (κ3) is 4.07. The summed E-state index contributed by atoms with van der Waals surface area (Å²) in [6.45, 7) is -3.41. The zero-order valence-electron chi connectivity index (χ0n) is 8.37. The Morgan fingerprint density at radius 2 is 1.83 bits per heavy atom.